The molecule has 0 aliphatic carbocycles. The zero-order chi connectivity index (χ0) is 10.0. The van der Waals surface area contributed by atoms with Crippen molar-refractivity contribution in [3.63, 3.8) is 0 Å². The Morgan fingerprint density at radius 2 is 1.71 bits per heavy atom. The predicted molar refractivity (Wildman–Crippen MR) is 51.9 cm³/mol. The van der Waals surface area contributed by atoms with Crippen molar-refractivity contribution in [3.8, 4) is 0 Å². The Kier molecular flexibility index (Phi) is 5.31. The fourth-order valence-electron chi connectivity index (χ4n) is 0.891. The fraction of sp³-hybridized carbons (Fsp3) is 0. The third-order valence-electron chi connectivity index (χ3n) is 1.53. The van der Waals surface area contributed by atoms with Gasteiger partial charge in [-0.05, 0) is 18.2 Å². The topological polar surface area (TPSA) is 101 Å². The first-order valence-corrected chi connectivity index (χ1v) is 3.38. The molecule has 0 heterocycles. The Morgan fingerprint density at radius 1 is 1.14 bits per heavy atom. The molecule has 0 saturated heterocycles. The van der Waals surface area contributed by atoms with Crippen LogP contribution in [0.3, 0.4) is 0 Å². The molecule has 70 valence electrons. The molecule has 0 saturated carbocycles. The molecule has 6 heteroatoms. The molecule has 0 amide bonds. The van der Waals surface area contributed by atoms with Crippen molar-refractivity contribution in [2.45, 2.75) is 0 Å². The van der Waals surface area contributed by atoms with E-state index in [0.717, 1.165) is 6.07 Å². The van der Waals surface area contributed by atoms with E-state index in [-0.39, 0.29) is 68.2 Å². The molecule has 0 bridgehead atoms. The predicted octanol–water partition coefficient (Wildman–Crippen LogP) is 0.0167. The second kappa shape index (κ2) is 5.47. The van der Waals surface area contributed by atoms with Crippen LogP contribution in [0.5, 0.6) is 0 Å². The summed E-state index contributed by atoms with van der Waals surface area (Å²) in [4.78, 5) is 20.9. The van der Waals surface area contributed by atoms with Crippen molar-refractivity contribution in [1.29, 1.82) is 0 Å². The first-order chi connectivity index (χ1) is 6.02. The number of nitrogen functional groups attached to an aromatic ring is 1. The van der Waals surface area contributed by atoms with E-state index in [1.807, 2.05) is 0 Å². The van der Waals surface area contributed by atoms with Gasteiger partial charge in [-0.25, -0.2) is 9.59 Å². The van der Waals surface area contributed by atoms with Gasteiger partial charge in [0.1, 0.15) is 0 Å². The maximum atomic E-state index is 10.5. The molecule has 0 aliphatic rings. The van der Waals surface area contributed by atoms with E-state index in [0.29, 0.717) is 0 Å². The van der Waals surface area contributed by atoms with E-state index in [4.69, 9.17) is 15.9 Å². The van der Waals surface area contributed by atoms with Crippen LogP contribution in [0.2, 0.25) is 0 Å². The van der Waals surface area contributed by atoms with Gasteiger partial charge in [0.15, 0.2) is 0 Å². The second-order valence-electron chi connectivity index (χ2n) is 2.41. The molecule has 14 heavy (non-hydrogen) atoms. The van der Waals surface area contributed by atoms with Crippen molar-refractivity contribution in [3.05, 3.63) is 29.3 Å². The number of nitrogens with two attached hydrogens (primary N) is 1. The summed E-state index contributed by atoms with van der Waals surface area (Å²) in [6.45, 7) is 0. The molecule has 1 aromatic carbocycles. The quantitative estimate of drug-likeness (QED) is 0.482. The van der Waals surface area contributed by atoms with E-state index in [9.17, 15) is 9.59 Å². The minimum atomic E-state index is -1.17. The molecule has 0 radical (unpaired) electrons. The molecule has 4 N–H and O–H groups in total. The third kappa shape index (κ3) is 3.07. The van der Waals surface area contributed by atoms with Crippen LogP contribution < -0.4 is 5.73 Å². The van der Waals surface area contributed by atoms with Crippen LogP contribution in [-0.2, 0) is 0 Å². The number of carboxylic acids is 2. The van der Waals surface area contributed by atoms with Gasteiger partial charge in [0.25, 0.3) is 0 Å². The fourth-order valence-corrected chi connectivity index (χ4v) is 0.891. The van der Waals surface area contributed by atoms with E-state index >= 15 is 0 Å². The van der Waals surface area contributed by atoms with Crippen LogP contribution in [-0.4, -0.2) is 73.5 Å². The van der Waals surface area contributed by atoms with E-state index < -0.39 is 11.9 Å². The molecular formula is C8H8KNO4. The number of anilines is 1. The van der Waals surface area contributed by atoms with Gasteiger partial charge in [-0.3, -0.25) is 0 Å². The normalized spacial score (nSPS) is 8.86. The zero-order valence-electron chi connectivity index (χ0n) is 6.52. The van der Waals surface area contributed by atoms with Gasteiger partial charge in [-0.15, -0.1) is 0 Å². The van der Waals surface area contributed by atoms with Gasteiger partial charge < -0.3 is 15.9 Å². The van der Waals surface area contributed by atoms with Crippen LogP contribution in [0.4, 0.5) is 5.69 Å². The molecule has 0 unspecified atom stereocenters. The van der Waals surface area contributed by atoms with Crippen LogP contribution in [0.25, 0.3) is 0 Å². The van der Waals surface area contributed by atoms with Crippen molar-refractivity contribution < 1.29 is 19.8 Å². The number of hydrogen-bond donors (Lipinski definition) is 3. The molecule has 5 nitrogen and oxygen atoms in total. The minimum absolute atomic E-state index is 0. The average Bonchev–Trinajstić information content (AvgIpc) is 2.03. The van der Waals surface area contributed by atoms with Gasteiger partial charge in [-0.2, -0.15) is 0 Å². The summed E-state index contributed by atoms with van der Waals surface area (Å²) in [5.41, 5.74) is 5.15. The number of hydrogen-bond acceptors (Lipinski definition) is 3. The van der Waals surface area contributed by atoms with Gasteiger partial charge >= 0.3 is 63.3 Å². The van der Waals surface area contributed by atoms with E-state index in [2.05, 4.69) is 0 Å². The Morgan fingerprint density at radius 3 is 2.07 bits per heavy atom. The summed E-state index contributed by atoms with van der Waals surface area (Å²) in [7, 11) is 0. The molecule has 0 spiro atoms. The summed E-state index contributed by atoms with van der Waals surface area (Å²) in [6, 6.07) is 3.48. The monoisotopic (exact) mass is 221 g/mol. The summed E-state index contributed by atoms with van der Waals surface area (Å²) in [5, 5.41) is 17.1. The summed E-state index contributed by atoms with van der Waals surface area (Å²) in [5.74, 6) is -2.31. The van der Waals surface area contributed by atoms with Crippen molar-refractivity contribution in [2.75, 3.05) is 5.73 Å². The van der Waals surface area contributed by atoms with E-state index in [1.54, 1.807) is 0 Å². The number of aromatic carboxylic acids is 2. The summed E-state index contributed by atoms with van der Waals surface area (Å²) < 4.78 is 0. The Hall–Kier alpha value is -0.404. The van der Waals surface area contributed by atoms with Crippen LogP contribution >= 0.6 is 0 Å². The SMILES string of the molecule is Nc1cc(C(=O)O)ccc1C(=O)O.[KH]. The Balaban J connectivity index is 0.00000169. The number of rotatable bonds is 2. The first kappa shape index (κ1) is 13.6. The Bertz CT molecular complexity index is 378. The molecule has 0 atom stereocenters. The third-order valence-corrected chi connectivity index (χ3v) is 1.53. The molecule has 1 rings (SSSR count). The summed E-state index contributed by atoms with van der Waals surface area (Å²) >= 11 is 0. The van der Waals surface area contributed by atoms with Gasteiger partial charge in [0.05, 0.1) is 11.1 Å². The molecule has 1 aromatic rings. The van der Waals surface area contributed by atoms with Crippen LogP contribution in [0.15, 0.2) is 18.2 Å². The standard InChI is InChI=1S/C8H7NO4.K.H/c9-6-3-4(7(10)11)1-2-5(6)8(12)13;;/h1-3H,9H2,(H,10,11)(H,12,13);;. The molecule has 0 fully saturated rings. The molecule has 0 aromatic heterocycles. The summed E-state index contributed by atoms with van der Waals surface area (Å²) in [6.07, 6.45) is 0. The number of benzene rings is 1. The van der Waals surface area contributed by atoms with Crippen molar-refractivity contribution in [2.24, 2.45) is 0 Å². The maximum absolute atomic E-state index is 10.5. The van der Waals surface area contributed by atoms with Crippen LogP contribution in [0.1, 0.15) is 20.7 Å². The van der Waals surface area contributed by atoms with Crippen LogP contribution in [0, 0.1) is 0 Å². The number of carboxylic acid groups (broad SMARTS) is 2. The van der Waals surface area contributed by atoms with Gasteiger partial charge in [0.2, 0.25) is 0 Å². The van der Waals surface area contributed by atoms with E-state index in [1.165, 1.54) is 12.1 Å². The van der Waals surface area contributed by atoms with Gasteiger partial charge in [-0.1, -0.05) is 0 Å². The molecule has 0 aliphatic heterocycles. The second-order valence-corrected chi connectivity index (χ2v) is 2.41. The van der Waals surface area contributed by atoms with Gasteiger partial charge in [0, 0.05) is 5.69 Å². The average molecular weight is 221 g/mol. The Labute approximate surface area is 122 Å². The van der Waals surface area contributed by atoms with Crippen molar-refractivity contribution in [1.82, 2.24) is 0 Å². The molecular weight excluding hydrogens is 213 g/mol. The zero-order valence-corrected chi connectivity index (χ0v) is 6.52. The first-order valence-electron chi connectivity index (χ1n) is 3.38. The number of carbonyl (C=O) groups is 2. The van der Waals surface area contributed by atoms with Crippen molar-refractivity contribution >= 4 is 69.0 Å².